The molecule has 0 atom stereocenters. The summed E-state index contributed by atoms with van der Waals surface area (Å²) in [6.07, 6.45) is 20.0. The average molecular weight is 701 g/mol. The van der Waals surface area contributed by atoms with Crippen molar-refractivity contribution in [1.82, 2.24) is 9.55 Å². The van der Waals surface area contributed by atoms with E-state index in [0.717, 1.165) is 0 Å². The minimum absolute atomic E-state index is 1.21. The summed E-state index contributed by atoms with van der Waals surface area (Å²) in [5, 5.41) is 5.28. The Bertz CT molecular complexity index is 1780. The van der Waals surface area contributed by atoms with E-state index in [1.54, 1.807) is 0 Å². The maximum Gasteiger partial charge on any atom is 0.0488 e. The zero-order valence-corrected chi connectivity index (χ0v) is 35.2. The van der Waals surface area contributed by atoms with Crippen LogP contribution in [-0.4, -0.2) is 9.55 Å². The molecular weight excluding hydrogens is 629 g/mol. The van der Waals surface area contributed by atoms with E-state index in [0.29, 0.717) is 0 Å². The van der Waals surface area contributed by atoms with Gasteiger partial charge in [-0.05, 0) is 67.5 Å². The molecule has 2 nitrogen and oxygen atoms in total. The molecule has 0 bridgehead atoms. The summed E-state index contributed by atoms with van der Waals surface area (Å²) < 4.78 is 2.24. The van der Waals surface area contributed by atoms with Gasteiger partial charge in [0.1, 0.15) is 0 Å². The summed E-state index contributed by atoms with van der Waals surface area (Å²) in [4.78, 5) is 3.38. The Morgan fingerprint density at radius 2 is 0.769 bits per heavy atom. The molecule has 6 aromatic rings. The van der Waals surface area contributed by atoms with E-state index in [-0.39, 0.29) is 0 Å². The number of para-hydroxylation sites is 4. The smallest absolute Gasteiger partial charge is 0.0488 e. The molecule has 0 spiro atoms. The zero-order chi connectivity index (χ0) is 39.1. The van der Waals surface area contributed by atoms with Crippen LogP contribution in [0.2, 0.25) is 0 Å². The highest BCUT2D eigenvalue weighted by molar-refractivity contribution is 6.08. The summed E-state index contributed by atoms with van der Waals surface area (Å²) in [6, 6.07) is 33.8. The van der Waals surface area contributed by atoms with Crippen molar-refractivity contribution >= 4 is 43.6 Å². The van der Waals surface area contributed by atoms with E-state index in [1.165, 1.54) is 86.9 Å². The average Bonchev–Trinajstić information content (AvgIpc) is 3.63. The van der Waals surface area contributed by atoms with Crippen molar-refractivity contribution in [2.24, 2.45) is 7.05 Å². The van der Waals surface area contributed by atoms with E-state index >= 15 is 0 Å². The van der Waals surface area contributed by atoms with Crippen molar-refractivity contribution < 1.29 is 0 Å². The van der Waals surface area contributed by atoms with Gasteiger partial charge in [0.15, 0.2) is 0 Å². The van der Waals surface area contributed by atoms with Gasteiger partial charge in [0.25, 0.3) is 0 Å². The Labute approximate surface area is 319 Å². The number of rotatable bonds is 1. The van der Waals surface area contributed by atoms with Crippen LogP contribution in [0.3, 0.4) is 0 Å². The van der Waals surface area contributed by atoms with Crippen LogP contribution >= 0.6 is 0 Å². The Morgan fingerprint density at radius 1 is 0.404 bits per heavy atom. The Balaban J connectivity index is 0.000000655. The first-order valence-corrected chi connectivity index (χ1v) is 20.4. The van der Waals surface area contributed by atoms with Crippen LogP contribution in [-0.2, 0) is 7.05 Å². The van der Waals surface area contributed by atoms with Gasteiger partial charge in [0.05, 0.1) is 0 Å². The number of hydrogen-bond donors (Lipinski definition) is 1. The third kappa shape index (κ3) is 13.9. The number of nitrogens with one attached hydrogen (secondary N) is 1. The van der Waals surface area contributed by atoms with Gasteiger partial charge in [-0.2, -0.15) is 0 Å². The third-order valence-electron chi connectivity index (χ3n) is 7.80. The van der Waals surface area contributed by atoms with Gasteiger partial charge in [-0.3, -0.25) is 0 Å². The Kier molecular flexibility index (Phi) is 27.5. The molecule has 2 heterocycles. The van der Waals surface area contributed by atoms with Gasteiger partial charge < -0.3 is 9.55 Å². The van der Waals surface area contributed by atoms with Crippen LogP contribution in [0, 0.1) is 0 Å². The molecule has 2 aliphatic rings. The largest absolute Gasteiger partial charge is 0.355 e. The summed E-state index contributed by atoms with van der Waals surface area (Å²) in [7, 11) is 2.12. The van der Waals surface area contributed by atoms with E-state index in [4.69, 9.17) is 0 Å². The highest BCUT2D eigenvalue weighted by atomic mass is 14.9. The van der Waals surface area contributed by atoms with Crippen LogP contribution in [0.5, 0.6) is 0 Å². The van der Waals surface area contributed by atoms with Gasteiger partial charge in [-0.25, -0.2) is 0 Å². The molecule has 0 fully saturated rings. The molecule has 1 N–H and O–H groups in total. The molecule has 0 saturated carbocycles. The molecule has 0 radical (unpaired) electrons. The minimum atomic E-state index is 1.21. The van der Waals surface area contributed by atoms with Crippen LogP contribution < -0.4 is 0 Å². The molecule has 0 saturated heterocycles. The lowest BCUT2D eigenvalue weighted by Gasteiger charge is -2.07. The predicted octanol–water partition coefficient (Wildman–Crippen LogP) is 16.7. The van der Waals surface area contributed by atoms with E-state index in [2.05, 4.69) is 150 Å². The van der Waals surface area contributed by atoms with Crippen LogP contribution in [0.25, 0.3) is 43.6 Å². The van der Waals surface area contributed by atoms with E-state index < -0.39 is 0 Å². The van der Waals surface area contributed by atoms with Crippen molar-refractivity contribution in [2.75, 3.05) is 0 Å². The summed E-state index contributed by atoms with van der Waals surface area (Å²) in [5.74, 6) is 0. The number of nitrogens with zero attached hydrogens (tertiary/aromatic N) is 1. The van der Waals surface area contributed by atoms with Crippen molar-refractivity contribution in [1.29, 1.82) is 0 Å². The highest BCUT2D eigenvalue weighted by Gasteiger charge is 2.05. The molecule has 8 rings (SSSR count). The number of benzene rings is 4. The molecule has 0 unspecified atom stereocenters. The predicted molar refractivity (Wildman–Crippen MR) is 242 cm³/mol. The fourth-order valence-electron chi connectivity index (χ4n) is 5.73. The number of fused-ring (bicyclic) bond motifs is 6. The normalized spacial score (nSPS) is 12.0. The van der Waals surface area contributed by atoms with Gasteiger partial charge in [0.2, 0.25) is 0 Å². The quantitative estimate of drug-likeness (QED) is 0.176. The van der Waals surface area contributed by atoms with Crippen molar-refractivity contribution in [3.05, 3.63) is 145 Å². The van der Waals surface area contributed by atoms with Crippen LogP contribution in [0.15, 0.2) is 145 Å². The lowest BCUT2D eigenvalue weighted by Crippen LogP contribution is -1.87. The zero-order valence-electron chi connectivity index (χ0n) is 35.2. The number of H-pyrrole nitrogens is 1. The monoisotopic (exact) mass is 701 g/mol. The summed E-state index contributed by atoms with van der Waals surface area (Å²) in [6.45, 7) is 24.0. The fourth-order valence-corrected chi connectivity index (χ4v) is 5.73. The molecule has 2 heteroatoms. The number of aryl methyl sites for hydroxylation is 1. The Hall–Kier alpha value is -4.56. The lowest BCUT2D eigenvalue weighted by molar-refractivity contribution is 0.874. The second kappa shape index (κ2) is 30.1. The van der Waals surface area contributed by atoms with Gasteiger partial charge in [-0.15, -0.1) is 0 Å². The number of aromatic amines is 1. The first-order chi connectivity index (χ1) is 25.8. The first-order valence-electron chi connectivity index (χ1n) is 20.4. The third-order valence-corrected chi connectivity index (χ3v) is 7.80. The molecule has 0 amide bonds. The highest BCUT2D eigenvalue weighted by Crippen LogP contribution is 2.27. The van der Waals surface area contributed by atoms with Crippen LogP contribution in [0.4, 0.5) is 0 Å². The second-order valence-corrected chi connectivity index (χ2v) is 10.4. The van der Waals surface area contributed by atoms with Crippen LogP contribution in [0.1, 0.15) is 115 Å². The van der Waals surface area contributed by atoms with Crippen molar-refractivity contribution in [2.45, 2.75) is 115 Å². The standard InChI is InChI=1S/C13H11N.C13H16.C12H9N.6C2H6/c1-14-12-8-4-2-6-10(12)11-7-3-5-9-13(11)14;1-2-5-9-12(8-4-1)13-10-6-3-7-11-13;1-3-7-11-9(5-1)10-6-2-4-8-12(10)13-11;6*1-2/h2-9H,1H3;4,6,8-11H,1-3,5,7H2;1-8,13H;6*1-2H3. The molecule has 2 aromatic heterocycles. The number of hydrogen-bond acceptors (Lipinski definition) is 0. The van der Waals surface area contributed by atoms with Gasteiger partial charge in [0, 0.05) is 50.7 Å². The number of aromatic nitrogens is 2. The summed E-state index contributed by atoms with van der Waals surface area (Å²) >= 11 is 0. The molecular formula is C50H72N2. The summed E-state index contributed by atoms with van der Waals surface area (Å²) in [5.41, 5.74) is 7.87. The fraction of sp³-hybridized carbons (Fsp3) is 0.360. The van der Waals surface area contributed by atoms with E-state index in [1.807, 2.05) is 83.1 Å². The molecule has 52 heavy (non-hydrogen) atoms. The van der Waals surface area contributed by atoms with Crippen molar-refractivity contribution in [3.63, 3.8) is 0 Å². The second-order valence-electron chi connectivity index (χ2n) is 10.4. The molecule has 2 aliphatic carbocycles. The van der Waals surface area contributed by atoms with Gasteiger partial charge >= 0.3 is 0 Å². The Morgan fingerprint density at radius 3 is 1.21 bits per heavy atom. The van der Waals surface area contributed by atoms with E-state index in [9.17, 15) is 0 Å². The number of allylic oxidation sites excluding steroid dienone is 8. The SMILES string of the molecule is C1=CC(C2=CCCCC=C2)=CCC1.CC.CC.CC.CC.CC.CC.Cn1c2ccccc2c2ccccc21.c1ccc2c(c1)[nH]c1ccccc12. The topological polar surface area (TPSA) is 20.7 Å². The van der Waals surface area contributed by atoms with Gasteiger partial charge in [-0.1, -0.05) is 192 Å². The molecule has 4 aromatic carbocycles. The van der Waals surface area contributed by atoms with Crippen molar-refractivity contribution in [3.8, 4) is 0 Å². The molecule has 0 aliphatic heterocycles. The molecule has 282 valence electrons. The maximum atomic E-state index is 3.38. The minimum Gasteiger partial charge on any atom is -0.355 e. The maximum absolute atomic E-state index is 3.38. The lowest BCUT2D eigenvalue weighted by atomic mass is 9.99. The first kappa shape index (κ1) is 47.4.